The van der Waals surface area contributed by atoms with Gasteiger partial charge >= 0.3 is 18.0 Å². The highest BCUT2D eigenvalue weighted by atomic mass is 16.6. The van der Waals surface area contributed by atoms with Crippen molar-refractivity contribution in [3.63, 3.8) is 0 Å². The van der Waals surface area contributed by atoms with Crippen LogP contribution in [0.3, 0.4) is 0 Å². The Morgan fingerprint density at radius 1 is 1.11 bits per heavy atom. The molecule has 1 atom stereocenters. The molecular weight excluding hydrogens is 486 g/mol. The Balaban J connectivity index is 1.61. The Bertz CT molecular complexity index is 1260. The molecular formula is C24H25N5O8. The molecule has 0 aliphatic rings. The summed E-state index contributed by atoms with van der Waals surface area (Å²) in [5.41, 5.74) is 1.15. The van der Waals surface area contributed by atoms with Gasteiger partial charge in [-0.25, -0.2) is 14.4 Å². The van der Waals surface area contributed by atoms with Crippen LogP contribution in [-0.4, -0.2) is 58.2 Å². The van der Waals surface area contributed by atoms with Crippen LogP contribution in [0.4, 0.5) is 10.5 Å². The van der Waals surface area contributed by atoms with Gasteiger partial charge in [0, 0.05) is 24.2 Å². The average molecular weight is 511 g/mol. The van der Waals surface area contributed by atoms with E-state index in [1.54, 1.807) is 6.20 Å². The Morgan fingerprint density at radius 3 is 2.54 bits per heavy atom. The third kappa shape index (κ3) is 7.34. The van der Waals surface area contributed by atoms with Crippen LogP contribution >= 0.6 is 0 Å². The minimum Gasteiger partial charge on any atom is -0.467 e. The number of esters is 2. The number of non-ortho nitro benzene ring substituents is 1. The quantitative estimate of drug-likeness (QED) is 0.175. The Morgan fingerprint density at radius 2 is 1.86 bits per heavy atom. The Kier molecular flexibility index (Phi) is 9.24. The fraction of sp³-hybridized carbons (Fsp3) is 0.292. The van der Waals surface area contributed by atoms with Crippen LogP contribution in [0, 0.1) is 10.1 Å². The van der Waals surface area contributed by atoms with Gasteiger partial charge in [0.1, 0.15) is 18.3 Å². The first-order valence-electron chi connectivity index (χ1n) is 11.1. The zero-order valence-corrected chi connectivity index (χ0v) is 20.2. The number of aryl methyl sites for hydroxylation is 1. The summed E-state index contributed by atoms with van der Waals surface area (Å²) in [4.78, 5) is 46.9. The van der Waals surface area contributed by atoms with Gasteiger partial charge in [0.25, 0.3) is 5.69 Å². The van der Waals surface area contributed by atoms with Gasteiger partial charge in [-0.3, -0.25) is 14.8 Å². The van der Waals surface area contributed by atoms with E-state index < -0.39 is 29.0 Å². The maximum Gasteiger partial charge on any atom is 0.408 e. The molecule has 1 N–H and O–H groups in total. The van der Waals surface area contributed by atoms with Crippen molar-refractivity contribution in [3.8, 4) is 11.3 Å². The van der Waals surface area contributed by atoms with Crippen LogP contribution in [0.15, 0.2) is 54.7 Å². The van der Waals surface area contributed by atoms with Gasteiger partial charge in [0.2, 0.25) is 0 Å². The molecule has 3 rings (SSSR count). The second kappa shape index (κ2) is 12.8. The average Bonchev–Trinajstić information content (AvgIpc) is 3.39. The molecule has 0 fully saturated rings. The number of ether oxygens (including phenoxy) is 3. The van der Waals surface area contributed by atoms with Crippen LogP contribution in [0.25, 0.3) is 11.3 Å². The minimum atomic E-state index is -0.933. The van der Waals surface area contributed by atoms with Gasteiger partial charge < -0.3 is 19.5 Å². The highest BCUT2D eigenvalue weighted by molar-refractivity contribution is 5.97. The van der Waals surface area contributed by atoms with Crippen LogP contribution in [0.2, 0.25) is 0 Å². The van der Waals surface area contributed by atoms with Crippen LogP contribution in [0.1, 0.15) is 28.8 Å². The molecule has 1 aromatic heterocycles. The summed E-state index contributed by atoms with van der Waals surface area (Å²) >= 11 is 0. The standard InChI is InChI=1S/C24H25N5O8/c1-35-22(30)19-13-17(29(33)34)10-11-18(19)21-14-28(27-26-21)12-6-9-20(23(31)36-2)25-24(32)37-15-16-7-4-3-5-8-16/h3-5,7-8,10-11,13-14,20H,6,9,12,15H2,1-2H3,(H,25,32)/t20-/m0/s1. The molecule has 13 nitrogen and oxygen atoms in total. The smallest absolute Gasteiger partial charge is 0.408 e. The number of aromatic nitrogens is 3. The number of amides is 1. The number of hydrogen-bond donors (Lipinski definition) is 1. The van der Waals surface area contributed by atoms with Crippen LogP contribution < -0.4 is 5.32 Å². The molecule has 194 valence electrons. The van der Waals surface area contributed by atoms with Crippen molar-refractivity contribution in [3.05, 3.63) is 76.0 Å². The van der Waals surface area contributed by atoms with E-state index in [0.29, 0.717) is 24.2 Å². The van der Waals surface area contributed by atoms with E-state index >= 15 is 0 Å². The summed E-state index contributed by atoms with van der Waals surface area (Å²) in [6.07, 6.45) is 1.44. The lowest BCUT2D eigenvalue weighted by Gasteiger charge is -2.16. The number of rotatable bonds is 11. The highest BCUT2D eigenvalue weighted by Crippen LogP contribution is 2.26. The van der Waals surface area contributed by atoms with Crippen molar-refractivity contribution < 1.29 is 33.5 Å². The SMILES string of the molecule is COC(=O)c1cc([N+](=O)[O-])ccc1-c1cn(CCC[C@H](NC(=O)OCc2ccccc2)C(=O)OC)nn1. The first kappa shape index (κ1) is 26.8. The lowest BCUT2D eigenvalue weighted by atomic mass is 10.0. The lowest BCUT2D eigenvalue weighted by Crippen LogP contribution is -2.41. The van der Waals surface area contributed by atoms with Gasteiger partial charge in [0.15, 0.2) is 0 Å². The second-order valence-corrected chi connectivity index (χ2v) is 7.77. The molecule has 1 amide bonds. The fourth-order valence-electron chi connectivity index (χ4n) is 3.43. The zero-order chi connectivity index (χ0) is 26.8. The van der Waals surface area contributed by atoms with E-state index in [1.807, 2.05) is 30.3 Å². The number of benzene rings is 2. The highest BCUT2D eigenvalue weighted by Gasteiger charge is 2.23. The number of nitro groups is 1. The van der Waals surface area contributed by atoms with E-state index in [4.69, 9.17) is 14.2 Å². The molecule has 0 aliphatic carbocycles. The van der Waals surface area contributed by atoms with Crippen LogP contribution in [-0.2, 0) is 32.2 Å². The molecule has 1 heterocycles. The number of alkyl carbamates (subject to hydrolysis) is 1. The molecule has 0 unspecified atom stereocenters. The van der Waals surface area contributed by atoms with Crippen molar-refractivity contribution in [2.24, 2.45) is 0 Å². The topological polar surface area (TPSA) is 165 Å². The van der Waals surface area contributed by atoms with Gasteiger partial charge in [-0.1, -0.05) is 35.5 Å². The first-order chi connectivity index (χ1) is 17.8. The molecule has 37 heavy (non-hydrogen) atoms. The van der Waals surface area contributed by atoms with Gasteiger partial charge in [-0.2, -0.15) is 0 Å². The molecule has 0 spiro atoms. The fourth-order valence-corrected chi connectivity index (χ4v) is 3.43. The number of carbonyl (C=O) groups is 3. The number of nitrogens with zero attached hydrogens (tertiary/aromatic N) is 4. The lowest BCUT2D eigenvalue weighted by molar-refractivity contribution is -0.384. The van der Waals surface area contributed by atoms with Crippen molar-refractivity contribution in [2.45, 2.75) is 32.0 Å². The number of hydrogen-bond acceptors (Lipinski definition) is 10. The van der Waals surface area contributed by atoms with Gasteiger partial charge in [-0.05, 0) is 24.5 Å². The van der Waals surface area contributed by atoms with Crippen LogP contribution in [0.5, 0.6) is 0 Å². The van der Waals surface area contributed by atoms with Crippen molar-refractivity contribution in [1.29, 1.82) is 0 Å². The second-order valence-electron chi connectivity index (χ2n) is 7.77. The Labute approximate surface area is 211 Å². The zero-order valence-electron chi connectivity index (χ0n) is 20.2. The number of methoxy groups -OCH3 is 2. The molecule has 0 radical (unpaired) electrons. The van der Waals surface area contributed by atoms with Crippen molar-refractivity contribution >= 4 is 23.7 Å². The molecule has 0 bridgehead atoms. The summed E-state index contributed by atoms with van der Waals surface area (Å²) in [7, 11) is 2.39. The van der Waals surface area contributed by atoms with E-state index in [9.17, 15) is 24.5 Å². The first-order valence-corrected chi connectivity index (χ1v) is 11.1. The van der Waals surface area contributed by atoms with Gasteiger partial charge in [-0.15, -0.1) is 5.10 Å². The third-order valence-electron chi connectivity index (χ3n) is 5.30. The Hall–Kier alpha value is -4.81. The normalized spacial score (nSPS) is 11.3. The molecule has 0 saturated carbocycles. The number of nitrogens with one attached hydrogen (secondary N) is 1. The summed E-state index contributed by atoms with van der Waals surface area (Å²) in [5, 5.41) is 21.6. The minimum absolute atomic E-state index is 0.0206. The monoisotopic (exact) mass is 511 g/mol. The largest absolute Gasteiger partial charge is 0.467 e. The summed E-state index contributed by atoms with van der Waals surface area (Å²) in [5.74, 6) is -1.37. The molecule has 13 heteroatoms. The number of nitro benzene ring substituents is 1. The predicted octanol–water partition coefficient (Wildman–Crippen LogP) is 2.89. The molecule has 0 aliphatic heterocycles. The maximum atomic E-state index is 12.2. The van der Waals surface area contributed by atoms with Gasteiger partial charge in [0.05, 0.1) is 30.9 Å². The van der Waals surface area contributed by atoms with Crippen molar-refractivity contribution in [1.82, 2.24) is 20.3 Å². The summed E-state index contributed by atoms with van der Waals surface area (Å²) in [6, 6.07) is 11.9. The van der Waals surface area contributed by atoms with E-state index in [-0.39, 0.29) is 24.3 Å². The molecule has 2 aromatic carbocycles. The van der Waals surface area contributed by atoms with E-state index in [1.165, 1.54) is 31.0 Å². The molecule has 3 aromatic rings. The summed E-state index contributed by atoms with van der Waals surface area (Å²) < 4.78 is 16.2. The number of carbonyl (C=O) groups excluding carboxylic acids is 3. The van der Waals surface area contributed by atoms with E-state index in [0.717, 1.165) is 11.6 Å². The third-order valence-corrected chi connectivity index (χ3v) is 5.30. The van der Waals surface area contributed by atoms with E-state index in [2.05, 4.69) is 15.6 Å². The van der Waals surface area contributed by atoms with Crippen molar-refractivity contribution in [2.75, 3.05) is 14.2 Å². The summed E-state index contributed by atoms with van der Waals surface area (Å²) in [6.45, 7) is 0.375. The predicted molar refractivity (Wildman–Crippen MR) is 128 cm³/mol. The maximum absolute atomic E-state index is 12.2. The molecule has 0 saturated heterocycles.